The van der Waals surface area contributed by atoms with Gasteiger partial charge >= 0.3 is 11.9 Å². The Balaban J connectivity index is 2.19. The number of fused-ring (bicyclic) bond motifs is 3. The van der Waals surface area contributed by atoms with Crippen LogP contribution in [-0.2, 0) is 25.5 Å². The second-order valence-electron chi connectivity index (χ2n) is 7.11. The van der Waals surface area contributed by atoms with Gasteiger partial charge in [-0.05, 0) is 26.0 Å². The molecule has 27 heavy (non-hydrogen) atoms. The molecule has 0 fully saturated rings. The van der Waals surface area contributed by atoms with E-state index in [4.69, 9.17) is 13.9 Å². The first-order chi connectivity index (χ1) is 12.7. The Morgan fingerprint density at radius 1 is 1.22 bits per heavy atom. The zero-order chi connectivity index (χ0) is 19.9. The molecule has 1 aromatic rings. The Bertz CT molecular complexity index is 884. The average Bonchev–Trinajstić information content (AvgIpc) is 3.14. The number of Topliss-reactive ketones (excluding diaryl/α,β-unsaturated/α-hetero) is 1. The highest BCUT2D eigenvalue weighted by molar-refractivity contribution is 5.99. The first kappa shape index (κ1) is 18.9. The molecule has 0 aliphatic carbocycles. The number of furan rings is 1. The van der Waals surface area contributed by atoms with Crippen molar-refractivity contribution in [3.05, 3.63) is 59.1 Å². The Hall–Kier alpha value is -2.89. The number of allylic oxidation sites excluding steroid dienone is 1. The third kappa shape index (κ3) is 3.39. The van der Waals surface area contributed by atoms with Crippen molar-refractivity contribution < 1.29 is 28.3 Å². The SMILES string of the molecule is C=C(C)C1c2cc(C(=O)OC)c(o2)C[C@H](C(=C)C)C(=O)CC2=C[C@H]1OC2=O. The van der Waals surface area contributed by atoms with E-state index in [1.54, 1.807) is 26.0 Å². The van der Waals surface area contributed by atoms with Gasteiger partial charge in [0.15, 0.2) is 0 Å². The van der Waals surface area contributed by atoms with Gasteiger partial charge in [-0.25, -0.2) is 9.59 Å². The second kappa shape index (κ2) is 7.02. The van der Waals surface area contributed by atoms with Gasteiger partial charge in [-0.15, -0.1) is 0 Å². The van der Waals surface area contributed by atoms with Crippen LogP contribution in [0.3, 0.4) is 0 Å². The second-order valence-corrected chi connectivity index (χ2v) is 7.11. The molecule has 0 aromatic carbocycles. The summed E-state index contributed by atoms with van der Waals surface area (Å²) in [6.45, 7) is 11.4. The number of methoxy groups -OCH3 is 1. The zero-order valence-corrected chi connectivity index (χ0v) is 15.7. The highest BCUT2D eigenvalue weighted by Gasteiger charge is 2.39. The number of esters is 2. The van der Waals surface area contributed by atoms with Crippen LogP contribution in [-0.4, -0.2) is 30.9 Å². The first-order valence-electron chi connectivity index (χ1n) is 8.69. The first-order valence-corrected chi connectivity index (χ1v) is 8.69. The van der Waals surface area contributed by atoms with E-state index < -0.39 is 29.9 Å². The Morgan fingerprint density at radius 2 is 1.93 bits per heavy atom. The van der Waals surface area contributed by atoms with Gasteiger partial charge in [0.2, 0.25) is 0 Å². The fourth-order valence-electron chi connectivity index (χ4n) is 3.58. The van der Waals surface area contributed by atoms with Crippen molar-refractivity contribution in [3.8, 4) is 0 Å². The van der Waals surface area contributed by atoms with E-state index in [0.717, 1.165) is 0 Å². The Kier molecular flexibility index (Phi) is 4.91. The van der Waals surface area contributed by atoms with Crippen molar-refractivity contribution in [2.75, 3.05) is 7.11 Å². The van der Waals surface area contributed by atoms with Crippen molar-refractivity contribution in [1.82, 2.24) is 0 Å². The lowest BCUT2D eigenvalue weighted by Gasteiger charge is -2.20. The van der Waals surface area contributed by atoms with Crippen LogP contribution < -0.4 is 0 Å². The fraction of sp³-hybridized carbons (Fsp3) is 0.381. The van der Waals surface area contributed by atoms with Crippen LogP contribution >= 0.6 is 0 Å². The molecule has 0 N–H and O–H groups in total. The van der Waals surface area contributed by atoms with Crippen LogP contribution in [0.5, 0.6) is 0 Å². The van der Waals surface area contributed by atoms with Gasteiger partial charge < -0.3 is 13.9 Å². The normalized spacial score (nSPS) is 24.6. The summed E-state index contributed by atoms with van der Waals surface area (Å²) in [5.41, 5.74) is 1.94. The summed E-state index contributed by atoms with van der Waals surface area (Å²) in [5, 5.41) is 0. The van der Waals surface area contributed by atoms with E-state index in [9.17, 15) is 14.4 Å². The number of ether oxygens (including phenoxy) is 2. The maximum Gasteiger partial charge on any atom is 0.341 e. The topological polar surface area (TPSA) is 82.8 Å². The highest BCUT2D eigenvalue weighted by atomic mass is 16.5. The van der Waals surface area contributed by atoms with Gasteiger partial charge in [0.1, 0.15) is 29.0 Å². The molecule has 0 spiro atoms. The predicted octanol–water partition coefficient (Wildman–Crippen LogP) is 3.29. The van der Waals surface area contributed by atoms with Gasteiger partial charge in [-0.2, -0.15) is 0 Å². The van der Waals surface area contributed by atoms with Gasteiger partial charge in [0, 0.05) is 24.3 Å². The lowest BCUT2D eigenvalue weighted by molar-refractivity contribution is -0.141. The van der Waals surface area contributed by atoms with E-state index in [0.29, 0.717) is 28.2 Å². The average molecular weight is 370 g/mol. The van der Waals surface area contributed by atoms with Gasteiger partial charge in [-0.1, -0.05) is 24.3 Å². The molecule has 2 aliphatic heterocycles. The zero-order valence-electron chi connectivity index (χ0n) is 15.7. The van der Waals surface area contributed by atoms with Crippen molar-refractivity contribution in [2.24, 2.45) is 5.92 Å². The maximum atomic E-state index is 12.8. The predicted molar refractivity (Wildman–Crippen MR) is 97.2 cm³/mol. The molecule has 0 radical (unpaired) electrons. The number of hydrogen-bond acceptors (Lipinski definition) is 6. The van der Waals surface area contributed by atoms with E-state index >= 15 is 0 Å². The standard InChI is InChI=1S/C21H22O6/c1-10(2)13-8-16-14(21(24)25-5)9-18(26-16)19(11(3)4)17-7-12(6-15(13)22)20(23)27-17/h7,9,13,17,19H,1,3,6,8H2,2,4-5H3/t13-,17-,19?/m1/s1. The molecule has 3 heterocycles. The third-order valence-corrected chi connectivity index (χ3v) is 5.01. The molecular formula is C21H22O6. The lowest BCUT2D eigenvalue weighted by atomic mass is 9.86. The van der Waals surface area contributed by atoms with Crippen LogP contribution in [0.15, 0.2) is 46.4 Å². The molecule has 142 valence electrons. The maximum absolute atomic E-state index is 12.8. The van der Waals surface area contributed by atoms with Crippen molar-refractivity contribution >= 4 is 17.7 Å². The summed E-state index contributed by atoms with van der Waals surface area (Å²) in [4.78, 5) is 37.3. The minimum absolute atomic E-state index is 0.0460. The molecule has 0 saturated carbocycles. The van der Waals surface area contributed by atoms with Crippen molar-refractivity contribution in [1.29, 1.82) is 0 Å². The number of carbonyl (C=O) groups is 3. The minimum atomic E-state index is -0.635. The van der Waals surface area contributed by atoms with Crippen LogP contribution in [0.1, 0.15) is 48.1 Å². The summed E-state index contributed by atoms with van der Waals surface area (Å²) in [5.74, 6) is -1.47. The molecule has 4 bridgehead atoms. The Morgan fingerprint density at radius 3 is 2.52 bits per heavy atom. The lowest BCUT2D eigenvalue weighted by Crippen LogP contribution is -2.21. The highest BCUT2D eigenvalue weighted by Crippen LogP contribution is 2.38. The van der Waals surface area contributed by atoms with E-state index in [1.165, 1.54) is 7.11 Å². The molecule has 1 aromatic heterocycles. The quantitative estimate of drug-likeness (QED) is 0.600. The summed E-state index contributed by atoms with van der Waals surface area (Å²) in [6, 6.07) is 1.59. The molecule has 1 unspecified atom stereocenters. The summed E-state index contributed by atoms with van der Waals surface area (Å²) in [7, 11) is 1.29. The number of ketones is 1. The molecule has 0 saturated heterocycles. The number of carbonyl (C=O) groups excluding carboxylic acids is 3. The van der Waals surface area contributed by atoms with E-state index in [-0.39, 0.29) is 24.2 Å². The summed E-state index contributed by atoms with van der Waals surface area (Å²) in [6.07, 6.45) is 1.15. The molecule has 3 rings (SSSR count). The largest absolute Gasteiger partial charge is 0.465 e. The van der Waals surface area contributed by atoms with E-state index in [1.807, 2.05) is 0 Å². The number of rotatable bonds is 3. The van der Waals surface area contributed by atoms with Crippen molar-refractivity contribution in [2.45, 2.75) is 38.7 Å². The molecule has 0 amide bonds. The van der Waals surface area contributed by atoms with Crippen LogP contribution in [0.4, 0.5) is 0 Å². The molecule has 6 heteroatoms. The Labute approximate surface area is 157 Å². The summed E-state index contributed by atoms with van der Waals surface area (Å²) >= 11 is 0. The van der Waals surface area contributed by atoms with Crippen LogP contribution in [0.2, 0.25) is 0 Å². The van der Waals surface area contributed by atoms with Crippen LogP contribution in [0.25, 0.3) is 0 Å². The minimum Gasteiger partial charge on any atom is -0.465 e. The molecule has 6 nitrogen and oxygen atoms in total. The van der Waals surface area contributed by atoms with E-state index in [2.05, 4.69) is 13.2 Å². The third-order valence-electron chi connectivity index (χ3n) is 5.01. The van der Waals surface area contributed by atoms with Gasteiger partial charge in [-0.3, -0.25) is 4.79 Å². The van der Waals surface area contributed by atoms with Crippen molar-refractivity contribution in [3.63, 3.8) is 0 Å². The van der Waals surface area contributed by atoms with Crippen LogP contribution in [0, 0.1) is 5.92 Å². The number of hydrogen-bond donors (Lipinski definition) is 0. The fourth-order valence-corrected chi connectivity index (χ4v) is 3.58. The van der Waals surface area contributed by atoms with Gasteiger partial charge in [0.25, 0.3) is 0 Å². The smallest absolute Gasteiger partial charge is 0.341 e. The monoisotopic (exact) mass is 370 g/mol. The van der Waals surface area contributed by atoms with Gasteiger partial charge in [0.05, 0.1) is 13.0 Å². The molecule has 2 aliphatic rings. The summed E-state index contributed by atoms with van der Waals surface area (Å²) < 4.78 is 16.3. The molecular weight excluding hydrogens is 348 g/mol. The molecule has 3 atom stereocenters.